The van der Waals surface area contributed by atoms with Gasteiger partial charge in [-0.15, -0.1) is 12.3 Å². The molecule has 184 valence electrons. The Bertz CT molecular complexity index is 980. The Morgan fingerprint density at radius 1 is 1.06 bits per heavy atom. The summed E-state index contributed by atoms with van der Waals surface area (Å²) >= 11 is 0. The minimum Gasteiger partial charge on any atom is -0.349 e. The minimum atomic E-state index is -4.97. The summed E-state index contributed by atoms with van der Waals surface area (Å²) in [6, 6.07) is 6.25. The van der Waals surface area contributed by atoms with E-state index in [0.717, 1.165) is 0 Å². The van der Waals surface area contributed by atoms with E-state index in [2.05, 4.69) is 5.92 Å². The fourth-order valence-corrected chi connectivity index (χ4v) is 3.78. The number of benzene rings is 2. The molecule has 1 aliphatic heterocycles. The van der Waals surface area contributed by atoms with Gasteiger partial charge < -0.3 is 9.47 Å². The molecular weight excluding hydrogens is 467 g/mol. The second-order valence-electron chi connectivity index (χ2n) is 7.84. The van der Waals surface area contributed by atoms with E-state index in [1.165, 1.54) is 31.2 Å². The van der Waals surface area contributed by atoms with E-state index in [-0.39, 0.29) is 18.2 Å². The van der Waals surface area contributed by atoms with Crippen LogP contribution in [0.3, 0.4) is 0 Å². The maximum Gasteiger partial charge on any atom is 0.416 e. The average Bonchev–Trinajstić information content (AvgIpc) is 2.77. The number of alkyl halides is 6. The number of ether oxygens (including phenoxy) is 2. The lowest BCUT2D eigenvalue weighted by molar-refractivity contribution is -0.229. The average molecular weight is 489 g/mol. The van der Waals surface area contributed by atoms with Gasteiger partial charge >= 0.3 is 12.4 Å². The Balaban J connectivity index is 1.94. The lowest BCUT2D eigenvalue weighted by Gasteiger charge is -2.42. The number of nitrogens with zero attached hydrogens (tertiary/aromatic N) is 1. The largest absolute Gasteiger partial charge is 0.416 e. The van der Waals surface area contributed by atoms with Gasteiger partial charge in [0, 0.05) is 19.5 Å². The van der Waals surface area contributed by atoms with Crippen LogP contribution in [0.2, 0.25) is 0 Å². The van der Waals surface area contributed by atoms with E-state index in [0.29, 0.717) is 37.2 Å². The van der Waals surface area contributed by atoms with Gasteiger partial charge in [-0.05, 0) is 48.4 Å². The topological polar surface area (TPSA) is 21.7 Å². The molecular formula is C24H22F7NO2. The van der Waals surface area contributed by atoms with Crippen LogP contribution in [-0.4, -0.2) is 30.9 Å². The molecule has 2 aromatic carbocycles. The smallest absolute Gasteiger partial charge is 0.349 e. The SMILES string of the molecule is C#CCCN1CCOC(O[C@H](C)c2cc(C(F)(F)F)cc(C(F)(F)F)c2)C1c1ccc(F)cc1. The van der Waals surface area contributed by atoms with Gasteiger partial charge in [0.1, 0.15) is 5.82 Å². The van der Waals surface area contributed by atoms with Crippen molar-refractivity contribution in [2.45, 2.75) is 44.1 Å². The van der Waals surface area contributed by atoms with Crippen LogP contribution in [0.1, 0.15) is 47.7 Å². The van der Waals surface area contributed by atoms with Crippen molar-refractivity contribution in [3.05, 3.63) is 70.5 Å². The zero-order chi connectivity index (χ0) is 25.1. The molecule has 34 heavy (non-hydrogen) atoms. The van der Waals surface area contributed by atoms with Crippen LogP contribution in [0, 0.1) is 18.2 Å². The summed E-state index contributed by atoms with van der Waals surface area (Å²) in [6.45, 7) is 2.45. The lowest BCUT2D eigenvalue weighted by atomic mass is 10.0. The summed E-state index contributed by atoms with van der Waals surface area (Å²) in [4.78, 5) is 1.93. The fourth-order valence-electron chi connectivity index (χ4n) is 3.78. The summed E-state index contributed by atoms with van der Waals surface area (Å²) in [5.41, 5.74) is -2.55. The van der Waals surface area contributed by atoms with Gasteiger partial charge in [0.15, 0.2) is 6.29 Å². The van der Waals surface area contributed by atoms with Crippen molar-refractivity contribution in [2.24, 2.45) is 0 Å². The Kier molecular flexibility index (Phi) is 7.91. The Labute approximate surface area is 192 Å². The third kappa shape index (κ3) is 6.29. The summed E-state index contributed by atoms with van der Waals surface area (Å²) in [7, 11) is 0. The molecule has 0 amide bonds. The zero-order valence-corrected chi connectivity index (χ0v) is 18.1. The van der Waals surface area contributed by atoms with Gasteiger partial charge in [0.25, 0.3) is 0 Å². The summed E-state index contributed by atoms with van der Waals surface area (Å²) in [5, 5.41) is 0. The van der Waals surface area contributed by atoms with Crippen LogP contribution in [0.15, 0.2) is 42.5 Å². The first-order valence-corrected chi connectivity index (χ1v) is 10.4. The molecule has 0 aliphatic carbocycles. The number of hydrogen-bond acceptors (Lipinski definition) is 3. The summed E-state index contributed by atoms with van der Waals surface area (Å²) in [5.74, 6) is 2.05. The highest BCUT2D eigenvalue weighted by atomic mass is 19.4. The molecule has 3 rings (SSSR count). The molecule has 0 bridgehead atoms. The lowest BCUT2D eigenvalue weighted by Crippen LogP contribution is -2.47. The maximum atomic E-state index is 13.5. The van der Waals surface area contributed by atoms with E-state index >= 15 is 0 Å². The van der Waals surface area contributed by atoms with Crippen molar-refractivity contribution in [2.75, 3.05) is 19.7 Å². The second-order valence-corrected chi connectivity index (χ2v) is 7.84. The third-order valence-electron chi connectivity index (χ3n) is 5.48. The Morgan fingerprint density at radius 3 is 2.18 bits per heavy atom. The first-order chi connectivity index (χ1) is 15.9. The fraction of sp³-hybridized carbons (Fsp3) is 0.417. The highest BCUT2D eigenvalue weighted by molar-refractivity contribution is 5.34. The number of rotatable bonds is 6. The van der Waals surface area contributed by atoms with Gasteiger partial charge in [-0.1, -0.05) is 12.1 Å². The van der Waals surface area contributed by atoms with Crippen molar-refractivity contribution in [3.63, 3.8) is 0 Å². The summed E-state index contributed by atoms with van der Waals surface area (Å²) in [6.07, 6.45) is -6.41. The molecule has 0 radical (unpaired) electrons. The van der Waals surface area contributed by atoms with E-state index in [1.807, 2.05) is 4.90 Å². The summed E-state index contributed by atoms with van der Waals surface area (Å²) < 4.78 is 105. The third-order valence-corrected chi connectivity index (χ3v) is 5.48. The van der Waals surface area contributed by atoms with Crippen LogP contribution < -0.4 is 0 Å². The van der Waals surface area contributed by atoms with E-state index in [4.69, 9.17) is 15.9 Å². The molecule has 2 aromatic rings. The number of terminal acetylenes is 1. The van der Waals surface area contributed by atoms with Gasteiger partial charge in [0.05, 0.1) is 29.9 Å². The van der Waals surface area contributed by atoms with E-state index < -0.39 is 47.7 Å². The van der Waals surface area contributed by atoms with Gasteiger partial charge in [-0.2, -0.15) is 26.3 Å². The molecule has 3 nitrogen and oxygen atoms in total. The molecule has 1 aliphatic rings. The predicted octanol–water partition coefficient (Wildman–Crippen LogP) is 6.36. The highest BCUT2D eigenvalue weighted by Crippen LogP contribution is 2.39. The first-order valence-electron chi connectivity index (χ1n) is 10.4. The number of hydrogen-bond donors (Lipinski definition) is 0. The molecule has 2 unspecified atom stereocenters. The van der Waals surface area contributed by atoms with Gasteiger partial charge in [-0.25, -0.2) is 4.39 Å². The molecule has 1 saturated heterocycles. The molecule has 0 spiro atoms. The van der Waals surface area contributed by atoms with Crippen molar-refractivity contribution >= 4 is 0 Å². The van der Waals surface area contributed by atoms with Crippen LogP contribution >= 0.6 is 0 Å². The molecule has 0 N–H and O–H groups in total. The van der Waals surface area contributed by atoms with Crippen LogP contribution in [0.5, 0.6) is 0 Å². The standard InChI is InChI=1S/C24H22F7NO2/c1-3-4-9-32-10-11-33-22(21(32)16-5-7-20(25)8-6-16)34-15(2)17-12-18(23(26,27)28)14-19(13-17)24(29,30)31/h1,5-8,12-15,21-22H,4,9-11H2,2H3/t15-,21?,22?/m1/s1. The van der Waals surface area contributed by atoms with Crippen molar-refractivity contribution < 1.29 is 40.2 Å². The van der Waals surface area contributed by atoms with Gasteiger partial charge in [0.2, 0.25) is 0 Å². The number of morpholine rings is 1. The molecule has 1 fully saturated rings. The molecule has 1 heterocycles. The zero-order valence-electron chi connectivity index (χ0n) is 18.1. The molecule has 0 saturated carbocycles. The van der Waals surface area contributed by atoms with Crippen LogP contribution in [0.25, 0.3) is 0 Å². The molecule has 10 heteroatoms. The van der Waals surface area contributed by atoms with Gasteiger partial charge in [-0.3, -0.25) is 4.90 Å². The van der Waals surface area contributed by atoms with Crippen molar-refractivity contribution in [1.82, 2.24) is 4.90 Å². The second kappa shape index (κ2) is 10.3. The molecule has 3 atom stereocenters. The normalized spacial score (nSPS) is 20.7. The Hall–Kier alpha value is -2.61. The van der Waals surface area contributed by atoms with Crippen LogP contribution in [0.4, 0.5) is 30.7 Å². The Morgan fingerprint density at radius 2 is 1.65 bits per heavy atom. The van der Waals surface area contributed by atoms with Crippen molar-refractivity contribution in [3.8, 4) is 12.3 Å². The van der Waals surface area contributed by atoms with Crippen LogP contribution in [-0.2, 0) is 21.8 Å². The molecule has 0 aromatic heterocycles. The quantitative estimate of drug-likeness (QED) is 0.348. The highest BCUT2D eigenvalue weighted by Gasteiger charge is 2.39. The van der Waals surface area contributed by atoms with E-state index in [1.54, 1.807) is 0 Å². The number of halogens is 7. The predicted molar refractivity (Wildman–Crippen MR) is 110 cm³/mol. The van der Waals surface area contributed by atoms with Crippen molar-refractivity contribution in [1.29, 1.82) is 0 Å². The monoisotopic (exact) mass is 489 g/mol. The maximum absolute atomic E-state index is 13.5. The minimum absolute atomic E-state index is 0.0657. The first kappa shape index (κ1) is 26.0. The van der Waals surface area contributed by atoms with E-state index in [9.17, 15) is 30.7 Å².